The van der Waals surface area contributed by atoms with E-state index in [0.717, 1.165) is 0 Å². The van der Waals surface area contributed by atoms with Crippen LogP contribution in [0, 0.1) is 0 Å². The third-order valence-corrected chi connectivity index (χ3v) is 0.850. The molecule has 0 saturated heterocycles. The second-order valence-electron chi connectivity index (χ2n) is 1.62. The van der Waals surface area contributed by atoms with E-state index in [0.29, 0.717) is 18.9 Å². The van der Waals surface area contributed by atoms with Crippen molar-refractivity contribution in [3.05, 3.63) is 12.8 Å². The highest BCUT2D eigenvalue weighted by atomic mass is 16.3. The molecule has 10 heavy (non-hydrogen) atoms. The maximum absolute atomic E-state index is 8.60. The fourth-order valence-corrected chi connectivity index (χ4v) is 0.459. The van der Waals surface area contributed by atoms with E-state index in [1.54, 1.807) is 0 Å². The van der Waals surface area contributed by atoms with E-state index in [-0.39, 0.29) is 6.61 Å². The van der Waals surface area contributed by atoms with Crippen molar-refractivity contribution >= 4 is 5.84 Å². The third kappa shape index (κ3) is 4.05. The third-order valence-electron chi connectivity index (χ3n) is 0.850. The smallest absolute Gasteiger partial charge is 0.126 e. The van der Waals surface area contributed by atoms with Crippen molar-refractivity contribution in [3.8, 4) is 0 Å². The van der Waals surface area contributed by atoms with Crippen LogP contribution in [0.2, 0.25) is 0 Å². The minimum Gasteiger partial charge on any atom is -0.388 e. The number of aliphatic imine (C=N–C) groups is 1. The fraction of sp³-hybridized carbons (Fsp3) is 0.500. The molecule has 58 valence electrons. The van der Waals surface area contributed by atoms with Gasteiger partial charge in [0.25, 0.3) is 0 Å². The molecule has 0 aliphatic carbocycles. The Hall–Kier alpha value is -0.870. The minimum absolute atomic E-state index is 0.105. The van der Waals surface area contributed by atoms with E-state index < -0.39 is 0 Å². The lowest BCUT2D eigenvalue weighted by Crippen LogP contribution is -2.22. The Kier molecular flexibility index (Phi) is 5.71. The van der Waals surface area contributed by atoms with E-state index in [4.69, 9.17) is 10.8 Å². The molecular weight excluding hydrogens is 130 g/mol. The van der Waals surface area contributed by atoms with Gasteiger partial charge < -0.3 is 16.2 Å². The molecular formula is C6H13N3O. The lowest BCUT2D eigenvalue weighted by Gasteiger charge is -2.00. The van der Waals surface area contributed by atoms with Crippen molar-refractivity contribution in [3.63, 3.8) is 0 Å². The molecule has 0 rings (SSSR count). The van der Waals surface area contributed by atoms with Crippen molar-refractivity contribution in [1.82, 2.24) is 5.32 Å². The fourth-order valence-electron chi connectivity index (χ4n) is 0.459. The summed E-state index contributed by atoms with van der Waals surface area (Å²) in [4.78, 5) is 3.91. The van der Waals surface area contributed by atoms with Crippen molar-refractivity contribution in [2.75, 3.05) is 19.7 Å². The Morgan fingerprint density at radius 3 is 2.90 bits per heavy atom. The Morgan fingerprint density at radius 2 is 2.50 bits per heavy atom. The van der Waals surface area contributed by atoms with Crippen LogP contribution in [0.5, 0.6) is 0 Å². The monoisotopic (exact) mass is 143 g/mol. The highest BCUT2D eigenvalue weighted by Crippen LogP contribution is 1.72. The molecule has 0 saturated carbocycles. The van der Waals surface area contributed by atoms with Crippen LogP contribution in [0.3, 0.4) is 0 Å². The summed E-state index contributed by atoms with van der Waals surface area (Å²) in [6.07, 6.45) is 1.46. The molecule has 0 atom stereocenters. The summed E-state index contributed by atoms with van der Waals surface area (Å²) >= 11 is 0. The number of nitrogens with zero attached hydrogens (tertiary/aromatic N) is 1. The van der Waals surface area contributed by atoms with Crippen LogP contribution >= 0.6 is 0 Å². The topological polar surface area (TPSA) is 70.6 Å². The molecule has 0 spiro atoms. The number of hydrogen-bond acceptors (Lipinski definition) is 3. The summed E-state index contributed by atoms with van der Waals surface area (Å²) in [7, 11) is 0. The zero-order valence-corrected chi connectivity index (χ0v) is 5.88. The number of nitrogens with one attached hydrogen (secondary N) is 1. The van der Waals surface area contributed by atoms with Crippen molar-refractivity contribution in [1.29, 1.82) is 0 Å². The molecule has 0 aliphatic heterocycles. The highest BCUT2D eigenvalue weighted by Gasteiger charge is 1.89. The quantitative estimate of drug-likeness (QED) is 0.351. The van der Waals surface area contributed by atoms with Crippen LogP contribution < -0.4 is 11.1 Å². The average Bonchev–Trinajstić information content (AvgIpc) is 1.98. The van der Waals surface area contributed by atoms with Crippen LogP contribution in [-0.2, 0) is 0 Å². The van der Waals surface area contributed by atoms with E-state index in [1.165, 1.54) is 6.20 Å². The predicted molar refractivity (Wildman–Crippen MR) is 41.8 cm³/mol. The molecule has 4 heteroatoms. The SMILES string of the molecule is C=CNC(CO)=NCCN. The van der Waals surface area contributed by atoms with Gasteiger partial charge in [0, 0.05) is 6.54 Å². The van der Waals surface area contributed by atoms with Crippen LogP contribution in [0.4, 0.5) is 0 Å². The molecule has 0 aromatic carbocycles. The number of aliphatic hydroxyl groups excluding tert-OH is 1. The van der Waals surface area contributed by atoms with Crippen molar-refractivity contribution in [2.24, 2.45) is 10.7 Å². The first kappa shape index (κ1) is 9.13. The van der Waals surface area contributed by atoms with Gasteiger partial charge in [0.15, 0.2) is 0 Å². The van der Waals surface area contributed by atoms with Gasteiger partial charge in [-0.15, -0.1) is 0 Å². The zero-order valence-electron chi connectivity index (χ0n) is 5.88. The summed E-state index contributed by atoms with van der Waals surface area (Å²) in [5.41, 5.74) is 5.19. The van der Waals surface area contributed by atoms with Crippen molar-refractivity contribution < 1.29 is 5.11 Å². The molecule has 0 fully saturated rings. The Bertz CT molecular complexity index is 122. The lowest BCUT2D eigenvalue weighted by molar-refractivity contribution is 0.354. The zero-order chi connectivity index (χ0) is 7.82. The summed E-state index contributed by atoms with van der Waals surface area (Å²) in [5, 5.41) is 11.3. The van der Waals surface area contributed by atoms with Gasteiger partial charge >= 0.3 is 0 Å². The Balaban J connectivity index is 3.65. The molecule has 4 N–H and O–H groups in total. The van der Waals surface area contributed by atoms with Gasteiger partial charge in [0.1, 0.15) is 12.4 Å². The van der Waals surface area contributed by atoms with E-state index in [1.807, 2.05) is 0 Å². The maximum atomic E-state index is 8.60. The summed E-state index contributed by atoms with van der Waals surface area (Å²) in [6, 6.07) is 0. The van der Waals surface area contributed by atoms with Crippen LogP contribution in [0.1, 0.15) is 0 Å². The lowest BCUT2D eigenvalue weighted by atomic mass is 10.6. The number of aliphatic hydroxyl groups is 1. The number of rotatable bonds is 4. The van der Waals surface area contributed by atoms with Gasteiger partial charge in [-0.1, -0.05) is 6.58 Å². The van der Waals surface area contributed by atoms with Crippen LogP contribution in [0.15, 0.2) is 17.8 Å². The van der Waals surface area contributed by atoms with Crippen molar-refractivity contribution in [2.45, 2.75) is 0 Å². The average molecular weight is 143 g/mol. The molecule has 0 bridgehead atoms. The van der Waals surface area contributed by atoms with E-state index in [9.17, 15) is 0 Å². The second-order valence-corrected chi connectivity index (χ2v) is 1.62. The molecule has 0 aromatic rings. The Labute approximate surface area is 60.5 Å². The summed E-state index contributed by atoms with van der Waals surface area (Å²) in [5.74, 6) is 0.500. The molecule has 0 amide bonds. The van der Waals surface area contributed by atoms with Gasteiger partial charge in [0.2, 0.25) is 0 Å². The second kappa shape index (κ2) is 6.25. The van der Waals surface area contributed by atoms with Gasteiger partial charge in [-0.05, 0) is 6.20 Å². The van der Waals surface area contributed by atoms with E-state index >= 15 is 0 Å². The van der Waals surface area contributed by atoms with Gasteiger partial charge in [-0.25, -0.2) is 0 Å². The van der Waals surface area contributed by atoms with Crippen LogP contribution in [-0.4, -0.2) is 30.6 Å². The van der Waals surface area contributed by atoms with Gasteiger partial charge in [0.05, 0.1) is 6.54 Å². The largest absolute Gasteiger partial charge is 0.388 e. The van der Waals surface area contributed by atoms with Gasteiger partial charge in [-0.2, -0.15) is 0 Å². The molecule has 0 heterocycles. The molecule has 4 nitrogen and oxygen atoms in total. The first-order valence-corrected chi connectivity index (χ1v) is 3.06. The van der Waals surface area contributed by atoms with Gasteiger partial charge in [-0.3, -0.25) is 4.99 Å². The molecule has 0 unspecified atom stereocenters. The summed E-state index contributed by atoms with van der Waals surface area (Å²) < 4.78 is 0. The predicted octanol–water partition coefficient (Wildman–Crippen LogP) is -0.931. The number of nitrogens with two attached hydrogens (primary N) is 1. The minimum atomic E-state index is -0.105. The first-order valence-electron chi connectivity index (χ1n) is 3.06. The normalized spacial score (nSPS) is 11.2. The van der Waals surface area contributed by atoms with Crippen LogP contribution in [0.25, 0.3) is 0 Å². The Morgan fingerprint density at radius 1 is 1.80 bits per heavy atom. The van der Waals surface area contributed by atoms with E-state index in [2.05, 4.69) is 16.9 Å². The summed E-state index contributed by atoms with van der Waals surface area (Å²) in [6.45, 7) is 4.33. The number of amidine groups is 1. The number of hydrogen-bond donors (Lipinski definition) is 3. The maximum Gasteiger partial charge on any atom is 0.126 e. The highest BCUT2D eigenvalue weighted by molar-refractivity contribution is 5.83. The standard InChI is InChI=1S/C6H13N3O/c1-2-8-6(5-10)9-4-3-7/h2,10H,1,3-5,7H2,(H,8,9). The molecule has 0 aromatic heterocycles. The molecule has 0 radical (unpaired) electrons. The molecule has 0 aliphatic rings. The first-order chi connectivity index (χ1) is 4.85.